The molecule has 0 aromatic carbocycles. The SMILES string of the molecule is COCC(CO)Nc1ccc(C)cn1. The Kier molecular flexibility index (Phi) is 4.35. The Bertz CT molecular complexity index is 261. The average Bonchev–Trinajstić information content (AvgIpc) is 2.20. The molecule has 0 radical (unpaired) electrons. The molecule has 1 aromatic rings. The second kappa shape index (κ2) is 5.57. The number of aromatic nitrogens is 1. The summed E-state index contributed by atoms with van der Waals surface area (Å²) in [7, 11) is 1.60. The highest BCUT2D eigenvalue weighted by atomic mass is 16.5. The summed E-state index contributed by atoms with van der Waals surface area (Å²) in [5.41, 5.74) is 1.11. The van der Waals surface area contributed by atoms with E-state index in [1.54, 1.807) is 13.3 Å². The molecule has 1 rings (SSSR count). The van der Waals surface area contributed by atoms with Gasteiger partial charge in [-0.25, -0.2) is 4.98 Å². The van der Waals surface area contributed by atoms with Crippen LogP contribution in [0.5, 0.6) is 0 Å². The van der Waals surface area contributed by atoms with Crippen LogP contribution in [0.25, 0.3) is 0 Å². The normalized spacial score (nSPS) is 12.5. The van der Waals surface area contributed by atoms with Crippen molar-refractivity contribution in [3.63, 3.8) is 0 Å². The summed E-state index contributed by atoms with van der Waals surface area (Å²) in [6, 6.07) is 3.75. The van der Waals surface area contributed by atoms with E-state index in [-0.39, 0.29) is 12.6 Å². The predicted molar refractivity (Wildman–Crippen MR) is 55.3 cm³/mol. The number of anilines is 1. The number of ether oxygens (including phenoxy) is 1. The summed E-state index contributed by atoms with van der Waals surface area (Å²) < 4.78 is 4.94. The molecule has 0 aliphatic heterocycles. The van der Waals surface area contributed by atoms with Crippen molar-refractivity contribution in [1.82, 2.24) is 4.98 Å². The van der Waals surface area contributed by atoms with E-state index < -0.39 is 0 Å². The molecule has 4 nitrogen and oxygen atoms in total. The maximum Gasteiger partial charge on any atom is 0.126 e. The first-order valence-electron chi connectivity index (χ1n) is 4.55. The number of nitrogens with one attached hydrogen (secondary N) is 1. The Morgan fingerprint density at radius 3 is 2.86 bits per heavy atom. The Morgan fingerprint density at radius 2 is 2.36 bits per heavy atom. The van der Waals surface area contributed by atoms with Gasteiger partial charge in [-0.15, -0.1) is 0 Å². The van der Waals surface area contributed by atoms with E-state index in [1.165, 1.54) is 0 Å². The van der Waals surface area contributed by atoms with Crippen LogP contribution >= 0.6 is 0 Å². The molecule has 0 spiro atoms. The van der Waals surface area contributed by atoms with Crippen molar-refractivity contribution in [2.45, 2.75) is 13.0 Å². The molecule has 1 heterocycles. The lowest BCUT2D eigenvalue weighted by molar-refractivity contribution is 0.153. The minimum Gasteiger partial charge on any atom is -0.394 e. The van der Waals surface area contributed by atoms with Gasteiger partial charge in [-0.1, -0.05) is 6.07 Å². The summed E-state index contributed by atoms with van der Waals surface area (Å²) in [6.45, 7) is 2.48. The van der Waals surface area contributed by atoms with Crippen molar-refractivity contribution < 1.29 is 9.84 Å². The highest BCUT2D eigenvalue weighted by Gasteiger charge is 2.06. The third kappa shape index (κ3) is 3.32. The quantitative estimate of drug-likeness (QED) is 0.731. The van der Waals surface area contributed by atoms with Gasteiger partial charge in [0.25, 0.3) is 0 Å². The van der Waals surface area contributed by atoms with Crippen LogP contribution in [0.15, 0.2) is 18.3 Å². The largest absolute Gasteiger partial charge is 0.394 e. The minimum atomic E-state index is -0.102. The third-order valence-corrected chi connectivity index (χ3v) is 1.85. The fourth-order valence-corrected chi connectivity index (χ4v) is 1.10. The van der Waals surface area contributed by atoms with Crippen LogP contribution in [0.1, 0.15) is 5.56 Å². The fraction of sp³-hybridized carbons (Fsp3) is 0.500. The number of nitrogens with zero attached hydrogens (tertiary/aromatic N) is 1. The zero-order valence-corrected chi connectivity index (χ0v) is 8.53. The first-order valence-corrected chi connectivity index (χ1v) is 4.55. The molecule has 0 amide bonds. The summed E-state index contributed by atoms with van der Waals surface area (Å²) in [5, 5.41) is 12.1. The van der Waals surface area contributed by atoms with Gasteiger partial charge in [-0.2, -0.15) is 0 Å². The lowest BCUT2D eigenvalue weighted by atomic mass is 10.3. The van der Waals surface area contributed by atoms with Gasteiger partial charge in [-0.3, -0.25) is 0 Å². The molecule has 1 unspecified atom stereocenters. The van der Waals surface area contributed by atoms with Gasteiger partial charge in [0.2, 0.25) is 0 Å². The Morgan fingerprint density at radius 1 is 1.57 bits per heavy atom. The molecule has 14 heavy (non-hydrogen) atoms. The van der Waals surface area contributed by atoms with Crippen LogP contribution in [-0.4, -0.2) is 36.5 Å². The monoisotopic (exact) mass is 196 g/mol. The second-order valence-corrected chi connectivity index (χ2v) is 3.20. The fourth-order valence-electron chi connectivity index (χ4n) is 1.10. The number of hydrogen-bond acceptors (Lipinski definition) is 4. The van der Waals surface area contributed by atoms with Crippen LogP contribution in [-0.2, 0) is 4.74 Å². The van der Waals surface area contributed by atoms with Gasteiger partial charge in [0.15, 0.2) is 0 Å². The molecule has 0 fully saturated rings. The smallest absolute Gasteiger partial charge is 0.126 e. The Labute approximate surface area is 83.9 Å². The first kappa shape index (κ1) is 10.9. The van der Waals surface area contributed by atoms with Crippen LogP contribution in [0.2, 0.25) is 0 Å². The van der Waals surface area contributed by atoms with Gasteiger partial charge < -0.3 is 15.2 Å². The van der Waals surface area contributed by atoms with Gasteiger partial charge in [0.05, 0.1) is 19.3 Å². The minimum absolute atomic E-state index is 0.0311. The van der Waals surface area contributed by atoms with Crippen LogP contribution in [0.3, 0.4) is 0 Å². The van der Waals surface area contributed by atoms with E-state index in [1.807, 2.05) is 19.1 Å². The maximum atomic E-state index is 9.00. The molecule has 78 valence electrons. The zero-order chi connectivity index (χ0) is 10.4. The van der Waals surface area contributed by atoms with E-state index in [0.717, 1.165) is 11.4 Å². The summed E-state index contributed by atoms with van der Waals surface area (Å²) in [5.74, 6) is 0.756. The number of hydrogen-bond donors (Lipinski definition) is 2. The van der Waals surface area contributed by atoms with E-state index in [9.17, 15) is 0 Å². The lowest BCUT2D eigenvalue weighted by Crippen LogP contribution is -2.29. The van der Waals surface area contributed by atoms with Crippen LogP contribution in [0, 0.1) is 6.92 Å². The van der Waals surface area contributed by atoms with E-state index in [2.05, 4.69) is 10.3 Å². The summed E-state index contributed by atoms with van der Waals surface area (Å²) in [6.07, 6.45) is 1.78. The van der Waals surface area contributed by atoms with Crippen molar-refractivity contribution in [3.8, 4) is 0 Å². The standard InChI is InChI=1S/C10H16N2O2/c1-8-3-4-10(11-5-8)12-9(6-13)7-14-2/h3-5,9,13H,6-7H2,1-2H3,(H,11,12). The molecule has 4 heteroatoms. The molecule has 0 aliphatic carbocycles. The zero-order valence-electron chi connectivity index (χ0n) is 8.53. The number of aliphatic hydroxyl groups is 1. The van der Waals surface area contributed by atoms with Crippen molar-refractivity contribution >= 4 is 5.82 Å². The molecule has 0 saturated heterocycles. The van der Waals surface area contributed by atoms with Gasteiger partial charge in [-0.05, 0) is 18.6 Å². The molecular weight excluding hydrogens is 180 g/mol. The highest BCUT2D eigenvalue weighted by Crippen LogP contribution is 2.05. The van der Waals surface area contributed by atoms with E-state index in [4.69, 9.17) is 9.84 Å². The molecule has 0 saturated carbocycles. The number of aliphatic hydroxyl groups excluding tert-OH is 1. The molecule has 1 atom stereocenters. The Balaban J connectivity index is 2.53. The molecule has 2 N–H and O–H groups in total. The number of methoxy groups -OCH3 is 1. The topological polar surface area (TPSA) is 54.4 Å². The molecule has 0 aliphatic rings. The average molecular weight is 196 g/mol. The van der Waals surface area contributed by atoms with Crippen molar-refractivity contribution in [2.24, 2.45) is 0 Å². The van der Waals surface area contributed by atoms with Crippen molar-refractivity contribution in [1.29, 1.82) is 0 Å². The predicted octanol–water partition coefficient (Wildman–Crippen LogP) is 0.809. The third-order valence-electron chi connectivity index (χ3n) is 1.85. The number of aryl methyl sites for hydroxylation is 1. The van der Waals surface area contributed by atoms with E-state index in [0.29, 0.717) is 6.61 Å². The maximum absolute atomic E-state index is 9.00. The Hall–Kier alpha value is -1.13. The number of rotatable bonds is 5. The van der Waals surface area contributed by atoms with Gasteiger partial charge in [0.1, 0.15) is 5.82 Å². The summed E-state index contributed by atoms with van der Waals surface area (Å²) >= 11 is 0. The molecule has 0 bridgehead atoms. The molecular formula is C10H16N2O2. The van der Waals surface area contributed by atoms with Crippen LogP contribution < -0.4 is 5.32 Å². The number of pyridine rings is 1. The second-order valence-electron chi connectivity index (χ2n) is 3.20. The van der Waals surface area contributed by atoms with Crippen molar-refractivity contribution in [3.05, 3.63) is 23.9 Å². The van der Waals surface area contributed by atoms with Crippen molar-refractivity contribution in [2.75, 3.05) is 25.6 Å². The first-order chi connectivity index (χ1) is 6.76. The summed E-state index contributed by atoms with van der Waals surface area (Å²) in [4.78, 5) is 4.17. The molecule has 1 aromatic heterocycles. The van der Waals surface area contributed by atoms with Gasteiger partial charge in [0, 0.05) is 13.3 Å². The highest BCUT2D eigenvalue weighted by molar-refractivity contribution is 5.36. The van der Waals surface area contributed by atoms with E-state index >= 15 is 0 Å². The lowest BCUT2D eigenvalue weighted by Gasteiger charge is -2.15. The van der Waals surface area contributed by atoms with Crippen LogP contribution in [0.4, 0.5) is 5.82 Å². The van der Waals surface area contributed by atoms with Gasteiger partial charge >= 0.3 is 0 Å².